The number of hydrogen-bond donors (Lipinski definition) is 1. The molecule has 2 aromatic carbocycles. The highest BCUT2D eigenvalue weighted by atomic mass is 19.2. The number of aliphatic hydroxyl groups is 1. The molecule has 0 bridgehead atoms. The van der Waals surface area contributed by atoms with Gasteiger partial charge in [-0.3, -0.25) is 4.90 Å². The highest BCUT2D eigenvalue weighted by molar-refractivity contribution is 5.80. The normalized spacial score (nSPS) is 27.1. The third-order valence-electron chi connectivity index (χ3n) is 6.17. The fraction of sp³-hybridized carbons (Fsp3) is 0.364. The fourth-order valence-corrected chi connectivity index (χ4v) is 4.79. The van der Waals surface area contributed by atoms with Gasteiger partial charge in [-0.2, -0.15) is 0 Å². The van der Waals surface area contributed by atoms with Gasteiger partial charge in [0.2, 0.25) is 5.85 Å². The molecule has 0 amide bonds. The zero-order chi connectivity index (χ0) is 17.7. The van der Waals surface area contributed by atoms with Crippen LogP contribution in [0, 0.1) is 0 Å². The first-order chi connectivity index (χ1) is 12.6. The number of piperidine rings is 1. The molecule has 1 aliphatic carbocycles. The summed E-state index contributed by atoms with van der Waals surface area (Å²) in [5, 5.41) is 11.7. The molecule has 0 saturated carbocycles. The Morgan fingerprint density at radius 3 is 2.65 bits per heavy atom. The predicted octanol–water partition coefficient (Wildman–Crippen LogP) is 4.35. The first-order valence-corrected chi connectivity index (χ1v) is 9.34. The van der Waals surface area contributed by atoms with Crippen LogP contribution >= 0.6 is 0 Å². The van der Waals surface area contributed by atoms with E-state index in [1.807, 2.05) is 18.2 Å². The lowest BCUT2D eigenvalue weighted by Gasteiger charge is -2.39. The van der Waals surface area contributed by atoms with Crippen LogP contribution in [0.25, 0.3) is 11.0 Å². The number of hydrogen-bond acceptors (Lipinski definition) is 3. The van der Waals surface area contributed by atoms with Crippen molar-refractivity contribution in [2.24, 2.45) is 0 Å². The van der Waals surface area contributed by atoms with Gasteiger partial charge >= 0.3 is 0 Å². The average molecular weight is 351 g/mol. The van der Waals surface area contributed by atoms with Crippen molar-refractivity contribution in [2.75, 3.05) is 13.1 Å². The van der Waals surface area contributed by atoms with E-state index in [1.54, 1.807) is 18.4 Å². The van der Waals surface area contributed by atoms with Crippen LogP contribution in [0.4, 0.5) is 4.39 Å². The van der Waals surface area contributed by atoms with Gasteiger partial charge in [0.1, 0.15) is 5.58 Å². The second-order valence-electron chi connectivity index (χ2n) is 7.55. The molecule has 1 fully saturated rings. The molecule has 1 saturated heterocycles. The van der Waals surface area contributed by atoms with E-state index < -0.39 is 11.9 Å². The predicted molar refractivity (Wildman–Crippen MR) is 98.7 cm³/mol. The van der Waals surface area contributed by atoms with E-state index in [0.717, 1.165) is 42.5 Å². The summed E-state index contributed by atoms with van der Waals surface area (Å²) in [4.78, 5) is 2.12. The van der Waals surface area contributed by atoms with E-state index in [9.17, 15) is 5.11 Å². The zero-order valence-electron chi connectivity index (χ0n) is 14.6. The van der Waals surface area contributed by atoms with Crippen LogP contribution < -0.4 is 0 Å². The first-order valence-electron chi connectivity index (χ1n) is 9.34. The summed E-state index contributed by atoms with van der Waals surface area (Å²) in [6.45, 7) is 1.57. The van der Waals surface area contributed by atoms with Crippen LogP contribution in [0.5, 0.6) is 0 Å². The Balaban J connectivity index is 1.35. The Morgan fingerprint density at radius 2 is 1.85 bits per heavy atom. The molecule has 2 atom stereocenters. The molecule has 26 heavy (non-hydrogen) atoms. The first kappa shape index (κ1) is 16.0. The van der Waals surface area contributed by atoms with E-state index in [2.05, 4.69) is 23.1 Å². The molecular formula is C22H22FNO2. The highest BCUT2D eigenvalue weighted by Crippen LogP contribution is 2.43. The molecule has 3 aromatic rings. The van der Waals surface area contributed by atoms with Crippen molar-refractivity contribution in [3.63, 3.8) is 0 Å². The summed E-state index contributed by atoms with van der Waals surface area (Å²) in [5.41, 5.74) is 3.58. The van der Waals surface area contributed by atoms with Crippen LogP contribution in [0.1, 0.15) is 35.4 Å². The molecule has 4 heteroatoms. The van der Waals surface area contributed by atoms with Gasteiger partial charge in [0, 0.05) is 10.9 Å². The van der Waals surface area contributed by atoms with Crippen LogP contribution in [-0.4, -0.2) is 29.1 Å². The van der Waals surface area contributed by atoms with Gasteiger partial charge in [-0.1, -0.05) is 42.5 Å². The SMILES string of the molecule is OC1(F)c2ccccc2CC1N1CCC(c2cccc3ccoc23)CC1. The maximum absolute atomic E-state index is 15.1. The second kappa shape index (κ2) is 5.93. The van der Waals surface area contributed by atoms with Gasteiger partial charge in [0.25, 0.3) is 0 Å². The molecule has 3 nitrogen and oxygen atoms in total. The quantitative estimate of drug-likeness (QED) is 0.746. The average Bonchev–Trinajstić information content (AvgIpc) is 3.24. The lowest BCUT2D eigenvalue weighted by atomic mass is 9.87. The minimum absolute atomic E-state index is 0.414. The van der Waals surface area contributed by atoms with Crippen molar-refractivity contribution in [3.8, 4) is 0 Å². The van der Waals surface area contributed by atoms with E-state index in [1.165, 1.54) is 5.56 Å². The number of fused-ring (bicyclic) bond motifs is 2. The Labute approximate surface area is 152 Å². The Bertz CT molecular complexity index is 940. The zero-order valence-corrected chi connectivity index (χ0v) is 14.6. The van der Waals surface area contributed by atoms with Crippen molar-refractivity contribution < 1.29 is 13.9 Å². The van der Waals surface area contributed by atoms with Crippen molar-refractivity contribution in [3.05, 3.63) is 71.5 Å². The lowest BCUT2D eigenvalue weighted by Crippen LogP contribution is -2.49. The summed E-state index contributed by atoms with van der Waals surface area (Å²) in [6.07, 6.45) is 4.20. The second-order valence-corrected chi connectivity index (χ2v) is 7.55. The van der Waals surface area contributed by atoms with Gasteiger partial charge in [-0.05, 0) is 55.5 Å². The monoisotopic (exact) mass is 351 g/mol. The number of likely N-dealkylation sites (tertiary alicyclic amines) is 1. The molecule has 5 rings (SSSR count). The number of rotatable bonds is 2. The standard InChI is InChI=1S/C22H22FNO2/c23-22(25)19-7-2-1-4-17(19)14-20(22)24-11-8-15(9-12-24)18-6-3-5-16-10-13-26-21(16)18/h1-7,10,13,15,20,25H,8-9,11-12,14H2. The number of halogens is 1. The summed E-state index contributed by atoms with van der Waals surface area (Å²) in [5.74, 6) is -1.85. The third-order valence-corrected chi connectivity index (χ3v) is 6.17. The number of para-hydroxylation sites is 1. The van der Waals surface area contributed by atoms with Gasteiger partial charge in [-0.25, -0.2) is 4.39 Å². The summed E-state index contributed by atoms with van der Waals surface area (Å²) >= 11 is 0. The summed E-state index contributed by atoms with van der Waals surface area (Å²) in [6, 6.07) is 15.1. The van der Waals surface area contributed by atoms with Crippen molar-refractivity contribution in [2.45, 2.75) is 37.1 Å². The molecule has 1 aliphatic heterocycles. The lowest BCUT2D eigenvalue weighted by molar-refractivity contribution is -0.149. The molecule has 0 radical (unpaired) electrons. The Morgan fingerprint density at radius 1 is 1.04 bits per heavy atom. The number of nitrogens with zero attached hydrogens (tertiary/aromatic N) is 1. The molecule has 134 valence electrons. The van der Waals surface area contributed by atoms with E-state index in [4.69, 9.17) is 4.42 Å². The van der Waals surface area contributed by atoms with Crippen LogP contribution in [0.3, 0.4) is 0 Å². The third kappa shape index (κ3) is 2.40. The molecule has 1 aromatic heterocycles. The number of benzene rings is 2. The molecule has 2 heterocycles. The van der Waals surface area contributed by atoms with Crippen LogP contribution in [0.15, 0.2) is 59.2 Å². The smallest absolute Gasteiger partial charge is 0.249 e. The fourth-order valence-electron chi connectivity index (χ4n) is 4.79. The van der Waals surface area contributed by atoms with E-state index >= 15 is 4.39 Å². The largest absolute Gasteiger partial charge is 0.464 e. The number of furan rings is 1. The van der Waals surface area contributed by atoms with Crippen LogP contribution in [0.2, 0.25) is 0 Å². The van der Waals surface area contributed by atoms with E-state index in [-0.39, 0.29) is 0 Å². The Kier molecular flexibility index (Phi) is 3.66. The van der Waals surface area contributed by atoms with Gasteiger partial charge in [-0.15, -0.1) is 0 Å². The van der Waals surface area contributed by atoms with Crippen molar-refractivity contribution in [1.82, 2.24) is 4.90 Å². The minimum atomic E-state index is -2.26. The maximum atomic E-state index is 15.1. The van der Waals surface area contributed by atoms with Gasteiger partial charge in [0.05, 0.1) is 12.3 Å². The molecule has 0 spiro atoms. The molecule has 2 aliphatic rings. The maximum Gasteiger partial charge on any atom is 0.249 e. The molecular weight excluding hydrogens is 329 g/mol. The summed E-state index contributed by atoms with van der Waals surface area (Å²) in [7, 11) is 0. The molecule has 2 unspecified atom stereocenters. The minimum Gasteiger partial charge on any atom is -0.464 e. The van der Waals surface area contributed by atoms with Crippen molar-refractivity contribution >= 4 is 11.0 Å². The van der Waals surface area contributed by atoms with Gasteiger partial charge in [0.15, 0.2) is 0 Å². The van der Waals surface area contributed by atoms with E-state index in [0.29, 0.717) is 17.9 Å². The highest BCUT2D eigenvalue weighted by Gasteiger charge is 2.49. The van der Waals surface area contributed by atoms with Crippen LogP contribution in [-0.2, 0) is 12.3 Å². The topological polar surface area (TPSA) is 36.6 Å². The molecule has 1 N–H and O–H groups in total. The summed E-state index contributed by atoms with van der Waals surface area (Å²) < 4.78 is 20.8. The van der Waals surface area contributed by atoms with Gasteiger partial charge < -0.3 is 9.52 Å². The Hall–Kier alpha value is -2.17. The van der Waals surface area contributed by atoms with Crippen molar-refractivity contribution in [1.29, 1.82) is 0 Å². The number of alkyl halides is 1.